The molecular formula is C13H23N3S. The summed E-state index contributed by atoms with van der Waals surface area (Å²) in [5.41, 5.74) is 0.395. The Morgan fingerprint density at radius 3 is 2.59 bits per heavy atom. The summed E-state index contributed by atoms with van der Waals surface area (Å²) >= 11 is 1.51. The lowest BCUT2D eigenvalue weighted by molar-refractivity contribution is 0.245. The van der Waals surface area contributed by atoms with E-state index in [1.54, 1.807) is 0 Å². The van der Waals surface area contributed by atoms with E-state index < -0.39 is 0 Å². The van der Waals surface area contributed by atoms with Crippen molar-refractivity contribution in [3.8, 4) is 6.19 Å². The predicted molar refractivity (Wildman–Crippen MR) is 74.9 cm³/mol. The van der Waals surface area contributed by atoms with Crippen LogP contribution in [0.4, 0.5) is 0 Å². The average molecular weight is 253 g/mol. The third kappa shape index (κ3) is 4.59. The number of hydrogen-bond donors (Lipinski definition) is 1. The van der Waals surface area contributed by atoms with Crippen LogP contribution in [0, 0.1) is 22.8 Å². The number of nitriles is 1. The maximum atomic E-state index is 8.61. The summed E-state index contributed by atoms with van der Waals surface area (Å²) < 4.78 is 0. The molecule has 0 saturated heterocycles. The van der Waals surface area contributed by atoms with Crippen LogP contribution in [-0.4, -0.2) is 18.0 Å². The first-order chi connectivity index (χ1) is 8.12. The Hall–Kier alpha value is -0.690. The smallest absolute Gasteiger partial charge is 0.183 e. The highest BCUT2D eigenvalue weighted by molar-refractivity contribution is 8.13. The van der Waals surface area contributed by atoms with Crippen molar-refractivity contribution in [2.45, 2.75) is 46.0 Å². The molecule has 1 fully saturated rings. The molecule has 1 saturated carbocycles. The van der Waals surface area contributed by atoms with Crippen LogP contribution in [0.25, 0.3) is 0 Å². The van der Waals surface area contributed by atoms with Gasteiger partial charge in [-0.2, -0.15) is 5.26 Å². The maximum Gasteiger partial charge on any atom is 0.183 e. The molecule has 0 radical (unpaired) electrons. The molecule has 0 aliphatic heterocycles. The van der Waals surface area contributed by atoms with Gasteiger partial charge in [-0.25, -0.2) is 0 Å². The zero-order chi connectivity index (χ0) is 12.7. The predicted octanol–water partition coefficient (Wildman–Crippen LogP) is 3.38. The number of nitrogens with zero attached hydrogens (tertiary/aromatic N) is 2. The van der Waals surface area contributed by atoms with E-state index in [0.717, 1.165) is 17.6 Å². The fraction of sp³-hybridized carbons (Fsp3) is 0.846. The molecule has 0 aromatic heterocycles. The van der Waals surface area contributed by atoms with E-state index in [1.165, 1.54) is 43.9 Å². The van der Waals surface area contributed by atoms with Crippen molar-refractivity contribution >= 4 is 16.9 Å². The molecule has 0 spiro atoms. The Morgan fingerprint density at radius 2 is 2.12 bits per heavy atom. The minimum absolute atomic E-state index is 0.395. The summed E-state index contributed by atoms with van der Waals surface area (Å²) in [6, 6.07) is 0. The highest BCUT2D eigenvalue weighted by Crippen LogP contribution is 2.43. The molecule has 3 nitrogen and oxygen atoms in total. The number of nitrogens with one attached hydrogen (secondary N) is 1. The summed E-state index contributed by atoms with van der Waals surface area (Å²) in [6.45, 7) is 5.44. The second-order valence-corrected chi connectivity index (χ2v) is 6.16. The van der Waals surface area contributed by atoms with Crippen LogP contribution in [0.15, 0.2) is 4.99 Å². The number of rotatable bonds is 4. The van der Waals surface area contributed by atoms with Crippen LogP contribution in [0.2, 0.25) is 0 Å². The summed E-state index contributed by atoms with van der Waals surface area (Å²) in [7, 11) is 0. The van der Waals surface area contributed by atoms with Gasteiger partial charge in [0.1, 0.15) is 0 Å². The summed E-state index contributed by atoms with van der Waals surface area (Å²) in [5.74, 6) is 0.727. The normalized spacial score (nSPS) is 19.4. The van der Waals surface area contributed by atoms with Crippen molar-refractivity contribution in [2.75, 3.05) is 12.8 Å². The van der Waals surface area contributed by atoms with Gasteiger partial charge in [0.05, 0.1) is 0 Å². The molecule has 0 bridgehead atoms. The molecule has 0 aromatic rings. The lowest BCUT2D eigenvalue weighted by Crippen LogP contribution is -2.25. The van der Waals surface area contributed by atoms with E-state index in [-0.39, 0.29) is 0 Å². The topological polar surface area (TPSA) is 48.2 Å². The third-order valence-corrected chi connectivity index (χ3v) is 4.04. The van der Waals surface area contributed by atoms with E-state index in [1.807, 2.05) is 12.4 Å². The van der Waals surface area contributed by atoms with Gasteiger partial charge in [-0.05, 0) is 36.9 Å². The Kier molecular flexibility index (Phi) is 5.84. The van der Waals surface area contributed by atoms with Crippen LogP contribution in [0.3, 0.4) is 0 Å². The fourth-order valence-electron chi connectivity index (χ4n) is 2.86. The fourth-order valence-corrected chi connectivity index (χ4v) is 3.20. The van der Waals surface area contributed by atoms with Gasteiger partial charge in [0.15, 0.2) is 11.4 Å². The number of amidine groups is 1. The molecule has 17 heavy (non-hydrogen) atoms. The number of hydrogen-bond acceptors (Lipinski definition) is 3. The van der Waals surface area contributed by atoms with Gasteiger partial charge in [0.25, 0.3) is 0 Å². The van der Waals surface area contributed by atoms with Crippen molar-refractivity contribution < 1.29 is 0 Å². The van der Waals surface area contributed by atoms with E-state index >= 15 is 0 Å². The zero-order valence-electron chi connectivity index (χ0n) is 11.1. The van der Waals surface area contributed by atoms with Crippen LogP contribution in [-0.2, 0) is 0 Å². The molecule has 0 aromatic carbocycles. The first-order valence-electron chi connectivity index (χ1n) is 6.35. The minimum atomic E-state index is 0.395. The van der Waals surface area contributed by atoms with Crippen molar-refractivity contribution in [3.63, 3.8) is 0 Å². The molecule has 1 rings (SSSR count). The average Bonchev–Trinajstić information content (AvgIpc) is 2.72. The molecule has 1 aliphatic carbocycles. The largest absolute Gasteiger partial charge is 0.272 e. The molecule has 0 unspecified atom stereocenters. The van der Waals surface area contributed by atoms with Gasteiger partial charge in [-0.3, -0.25) is 10.3 Å². The van der Waals surface area contributed by atoms with Gasteiger partial charge in [-0.1, -0.05) is 38.5 Å². The van der Waals surface area contributed by atoms with E-state index in [9.17, 15) is 0 Å². The van der Waals surface area contributed by atoms with E-state index in [0.29, 0.717) is 5.41 Å². The highest BCUT2D eigenvalue weighted by atomic mass is 32.2. The standard InChI is InChI=1S/C13H23N3S/c1-11(2)8-13(6-4-5-7-13)9-15-12(17-3)16-10-14/h11H,4-9H2,1-3H3,(H,15,16). The van der Waals surface area contributed by atoms with Gasteiger partial charge < -0.3 is 0 Å². The molecule has 0 heterocycles. The third-order valence-electron chi connectivity index (χ3n) is 3.42. The van der Waals surface area contributed by atoms with E-state index in [4.69, 9.17) is 5.26 Å². The van der Waals surface area contributed by atoms with Crippen molar-refractivity contribution in [3.05, 3.63) is 0 Å². The molecular weight excluding hydrogens is 230 g/mol. The van der Waals surface area contributed by atoms with E-state index in [2.05, 4.69) is 24.2 Å². The van der Waals surface area contributed by atoms with Gasteiger partial charge >= 0.3 is 0 Å². The monoisotopic (exact) mass is 253 g/mol. The van der Waals surface area contributed by atoms with Crippen LogP contribution < -0.4 is 5.32 Å². The van der Waals surface area contributed by atoms with Crippen LogP contribution >= 0.6 is 11.8 Å². The Labute approximate surface area is 109 Å². The van der Waals surface area contributed by atoms with Crippen LogP contribution in [0.1, 0.15) is 46.0 Å². The number of thioether (sulfide) groups is 1. The summed E-state index contributed by atoms with van der Waals surface area (Å²) in [6.07, 6.45) is 10.4. The van der Waals surface area contributed by atoms with Gasteiger partial charge in [-0.15, -0.1) is 0 Å². The van der Waals surface area contributed by atoms with Gasteiger partial charge in [0.2, 0.25) is 0 Å². The minimum Gasteiger partial charge on any atom is -0.272 e. The van der Waals surface area contributed by atoms with Crippen molar-refractivity contribution in [1.29, 1.82) is 5.26 Å². The first-order valence-corrected chi connectivity index (χ1v) is 7.58. The molecule has 0 amide bonds. The second-order valence-electron chi connectivity index (χ2n) is 5.37. The van der Waals surface area contributed by atoms with Crippen LogP contribution in [0.5, 0.6) is 0 Å². The highest BCUT2D eigenvalue weighted by Gasteiger charge is 2.34. The second kappa shape index (κ2) is 6.90. The Balaban J connectivity index is 2.64. The quantitative estimate of drug-likeness (QED) is 0.361. The number of aliphatic imine (C=N–C) groups is 1. The lowest BCUT2D eigenvalue weighted by atomic mass is 9.79. The molecule has 1 N–H and O–H groups in total. The SMILES string of the molecule is CSC(=NCC1(CC(C)C)CCCC1)NC#N. The zero-order valence-corrected chi connectivity index (χ0v) is 11.9. The summed E-state index contributed by atoms with van der Waals surface area (Å²) in [4.78, 5) is 4.59. The summed E-state index contributed by atoms with van der Waals surface area (Å²) in [5, 5.41) is 12.0. The Bertz CT molecular complexity index is 298. The lowest BCUT2D eigenvalue weighted by Gasteiger charge is -2.29. The maximum absolute atomic E-state index is 8.61. The van der Waals surface area contributed by atoms with Crippen molar-refractivity contribution in [2.24, 2.45) is 16.3 Å². The Morgan fingerprint density at radius 1 is 1.47 bits per heavy atom. The van der Waals surface area contributed by atoms with Gasteiger partial charge in [0, 0.05) is 6.54 Å². The molecule has 0 atom stereocenters. The molecule has 96 valence electrons. The first kappa shape index (κ1) is 14.4. The molecule has 4 heteroatoms. The van der Waals surface area contributed by atoms with Crippen molar-refractivity contribution in [1.82, 2.24) is 5.32 Å². The molecule has 1 aliphatic rings.